The highest BCUT2D eigenvalue weighted by Gasteiger charge is 2.09. The molecule has 1 aliphatic rings. The van der Waals surface area contributed by atoms with Crippen LogP contribution in [0.15, 0.2) is 23.2 Å². The van der Waals surface area contributed by atoms with Gasteiger partial charge in [-0.1, -0.05) is 17.7 Å². The van der Waals surface area contributed by atoms with Crippen LogP contribution in [0.1, 0.15) is 25.3 Å². The second kappa shape index (κ2) is 15.1. The molecule has 1 aromatic carbocycles. The van der Waals surface area contributed by atoms with Gasteiger partial charge in [0.1, 0.15) is 5.75 Å². The van der Waals surface area contributed by atoms with E-state index < -0.39 is 0 Å². The summed E-state index contributed by atoms with van der Waals surface area (Å²) in [5.41, 5.74) is 1.10. The lowest BCUT2D eigenvalue weighted by Gasteiger charge is -2.26. The van der Waals surface area contributed by atoms with Crippen LogP contribution in [0.4, 0.5) is 0 Å². The molecule has 1 fully saturated rings. The van der Waals surface area contributed by atoms with Crippen molar-refractivity contribution in [2.75, 3.05) is 59.6 Å². The highest BCUT2D eigenvalue weighted by molar-refractivity contribution is 14.0. The molecule has 0 amide bonds. The Morgan fingerprint density at radius 1 is 1.25 bits per heavy atom. The lowest BCUT2D eigenvalue weighted by atomic mass is 10.1. The highest BCUT2D eigenvalue weighted by atomic mass is 127. The lowest BCUT2D eigenvalue weighted by Crippen LogP contribution is -2.38. The Kier molecular flexibility index (Phi) is 13.6. The molecular weight excluding hydrogens is 491 g/mol. The van der Waals surface area contributed by atoms with Gasteiger partial charge >= 0.3 is 0 Å². The van der Waals surface area contributed by atoms with Crippen molar-refractivity contribution < 1.29 is 9.47 Å². The third-order valence-electron chi connectivity index (χ3n) is 4.55. The molecule has 2 N–H and O–H groups in total. The topological polar surface area (TPSA) is 58.1 Å². The number of morpholine rings is 1. The average molecular weight is 525 g/mol. The van der Waals surface area contributed by atoms with Crippen molar-refractivity contribution in [2.45, 2.75) is 26.2 Å². The van der Waals surface area contributed by atoms with E-state index in [1.54, 1.807) is 7.11 Å². The van der Waals surface area contributed by atoms with E-state index >= 15 is 0 Å². The van der Waals surface area contributed by atoms with E-state index in [9.17, 15) is 0 Å². The first-order chi connectivity index (χ1) is 13.2. The van der Waals surface area contributed by atoms with E-state index in [4.69, 9.17) is 21.1 Å². The van der Waals surface area contributed by atoms with Gasteiger partial charge in [-0.2, -0.15) is 0 Å². The first-order valence-corrected chi connectivity index (χ1v) is 10.3. The molecule has 28 heavy (non-hydrogen) atoms. The van der Waals surface area contributed by atoms with Crippen molar-refractivity contribution >= 4 is 41.5 Å². The van der Waals surface area contributed by atoms with E-state index in [0.29, 0.717) is 0 Å². The predicted molar refractivity (Wildman–Crippen MR) is 128 cm³/mol. The minimum atomic E-state index is 0. The Hall–Kier alpha value is -0.770. The molecule has 0 aliphatic carbocycles. The van der Waals surface area contributed by atoms with Gasteiger partial charge in [0.2, 0.25) is 0 Å². The maximum atomic E-state index is 6.30. The van der Waals surface area contributed by atoms with Gasteiger partial charge < -0.3 is 20.1 Å². The Morgan fingerprint density at radius 2 is 2.04 bits per heavy atom. The average Bonchev–Trinajstić information content (AvgIpc) is 2.69. The van der Waals surface area contributed by atoms with E-state index in [-0.39, 0.29) is 24.0 Å². The van der Waals surface area contributed by atoms with E-state index in [1.165, 1.54) is 6.42 Å². The van der Waals surface area contributed by atoms with Gasteiger partial charge in [-0.3, -0.25) is 9.89 Å². The zero-order valence-corrected chi connectivity index (χ0v) is 20.1. The molecule has 0 atom stereocenters. The van der Waals surface area contributed by atoms with Crippen LogP contribution < -0.4 is 15.4 Å². The summed E-state index contributed by atoms with van der Waals surface area (Å²) in [6, 6.07) is 5.80. The maximum Gasteiger partial charge on any atom is 0.191 e. The first kappa shape index (κ1) is 25.3. The van der Waals surface area contributed by atoms with Gasteiger partial charge in [0.05, 0.1) is 20.3 Å². The summed E-state index contributed by atoms with van der Waals surface area (Å²) < 4.78 is 10.6. The molecule has 6 nitrogen and oxygen atoms in total. The largest absolute Gasteiger partial charge is 0.497 e. The molecule has 1 aliphatic heterocycles. The normalized spacial score (nSPS) is 15.0. The fourth-order valence-corrected chi connectivity index (χ4v) is 3.24. The number of benzene rings is 1. The van der Waals surface area contributed by atoms with Crippen LogP contribution in [0.3, 0.4) is 0 Å². The molecular formula is C20H34ClIN4O2. The van der Waals surface area contributed by atoms with Crippen LogP contribution in [0.2, 0.25) is 5.02 Å². The van der Waals surface area contributed by atoms with Gasteiger partial charge in [-0.25, -0.2) is 0 Å². The molecule has 8 heteroatoms. The molecule has 0 bridgehead atoms. The second-order valence-electron chi connectivity index (χ2n) is 6.56. The number of rotatable bonds is 10. The minimum absolute atomic E-state index is 0. The van der Waals surface area contributed by atoms with Crippen LogP contribution in [0.25, 0.3) is 0 Å². The summed E-state index contributed by atoms with van der Waals surface area (Å²) >= 11 is 6.30. The van der Waals surface area contributed by atoms with E-state index in [2.05, 4.69) is 27.4 Å². The summed E-state index contributed by atoms with van der Waals surface area (Å²) in [6.45, 7) is 9.53. The van der Waals surface area contributed by atoms with E-state index in [0.717, 1.165) is 87.6 Å². The van der Waals surface area contributed by atoms with Crippen LogP contribution in [-0.2, 0) is 11.2 Å². The van der Waals surface area contributed by atoms with Crippen LogP contribution in [0, 0.1) is 0 Å². The van der Waals surface area contributed by atoms with Crippen LogP contribution in [0.5, 0.6) is 5.75 Å². The third kappa shape index (κ3) is 9.62. The first-order valence-electron chi connectivity index (χ1n) is 9.87. The van der Waals surface area contributed by atoms with Gasteiger partial charge in [-0.05, 0) is 50.4 Å². The van der Waals surface area contributed by atoms with Crippen molar-refractivity contribution in [3.8, 4) is 5.75 Å². The number of methoxy groups -OCH3 is 1. The molecule has 1 saturated heterocycles. The van der Waals surface area contributed by atoms with Crippen molar-refractivity contribution in [3.05, 3.63) is 28.8 Å². The monoisotopic (exact) mass is 524 g/mol. The Balaban J connectivity index is 0.00000392. The van der Waals surface area contributed by atoms with Gasteiger partial charge in [-0.15, -0.1) is 24.0 Å². The van der Waals surface area contributed by atoms with Crippen molar-refractivity contribution in [1.82, 2.24) is 15.5 Å². The predicted octanol–water partition coefficient (Wildman–Crippen LogP) is 3.18. The zero-order chi connectivity index (χ0) is 19.3. The number of guanidine groups is 1. The summed E-state index contributed by atoms with van der Waals surface area (Å²) in [5, 5.41) is 7.43. The number of hydrogen-bond acceptors (Lipinski definition) is 4. The zero-order valence-electron chi connectivity index (χ0n) is 17.0. The third-order valence-corrected chi connectivity index (χ3v) is 4.90. The minimum Gasteiger partial charge on any atom is -0.497 e. The Morgan fingerprint density at radius 3 is 2.71 bits per heavy atom. The number of nitrogens with zero attached hydrogens (tertiary/aromatic N) is 2. The summed E-state index contributed by atoms with van der Waals surface area (Å²) in [4.78, 5) is 7.14. The highest BCUT2D eigenvalue weighted by Crippen LogP contribution is 2.22. The quantitative estimate of drug-likeness (QED) is 0.213. The molecule has 1 heterocycles. The molecule has 0 spiro atoms. The fraction of sp³-hybridized carbons (Fsp3) is 0.650. The SMILES string of the molecule is CCNC(=NCCCCN1CCOCC1)NCCc1ccc(OC)cc1Cl.I. The molecule has 0 aromatic heterocycles. The van der Waals surface area contributed by atoms with E-state index in [1.807, 2.05) is 18.2 Å². The smallest absolute Gasteiger partial charge is 0.191 e. The fourth-order valence-electron chi connectivity index (χ4n) is 2.98. The Labute approximate surface area is 191 Å². The summed E-state index contributed by atoms with van der Waals surface area (Å²) in [6.07, 6.45) is 3.10. The van der Waals surface area contributed by atoms with Gasteiger partial charge in [0, 0.05) is 37.7 Å². The van der Waals surface area contributed by atoms with Gasteiger partial charge in [0.25, 0.3) is 0 Å². The molecule has 0 saturated carbocycles. The number of aliphatic imine (C=N–C) groups is 1. The summed E-state index contributed by atoms with van der Waals surface area (Å²) in [5.74, 6) is 1.65. The van der Waals surface area contributed by atoms with Crippen LogP contribution >= 0.6 is 35.6 Å². The van der Waals surface area contributed by atoms with Crippen LogP contribution in [-0.4, -0.2) is 70.5 Å². The van der Waals surface area contributed by atoms with Crippen molar-refractivity contribution in [1.29, 1.82) is 0 Å². The standard InChI is InChI=1S/C20H33ClN4O2.HI/c1-3-22-20(23-9-4-5-11-25-12-14-27-15-13-25)24-10-8-17-6-7-18(26-2)16-19(17)21;/h6-7,16H,3-5,8-15H2,1-2H3,(H2,22,23,24);1H. The summed E-state index contributed by atoms with van der Waals surface area (Å²) in [7, 11) is 1.65. The second-order valence-corrected chi connectivity index (χ2v) is 6.96. The number of unbranched alkanes of at least 4 members (excludes halogenated alkanes) is 1. The lowest BCUT2D eigenvalue weighted by molar-refractivity contribution is 0.0373. The molecule has 0 unspecified atom stereocenters. The molecule has 0 radical (unpaired) electrons. The Bertz CT molecular complexity index is 583. The number of halogens is 2. The molecule has 1 aromatic rings. The van der Waals surface area contributed by atoms with Crippen molar-refractivity contribution in [3.63, 3.8) is 0 Å². The number of hydrogen-bond donors (Lipinski definition) is 2. The van der Waals surface area contributed by atoms with Crippen molar-refractivity contribution in [2.24, 2.45) is 4.99 Å². The maximum absolute atomic E-state index is 6.30. The number of nitrogens with one attached hydrogen (secondary N) is 2. The molecule has 2 rings (SSSR count). The number of ether oxygens (including phenoxy) is 2. The molecule has 160 valence electrons. The van der Waals surface area contributed by atoms with Gasteiger partial charge in [0.15, 0.2) is 5.96 Å².